The highest BCUT2D eigenvalue weighted by Crippen LogP contribution is 2.31. The molecule has 1 nitrogen and oxygen atoms in total. The van der Waals surface area contributed by atoms with Crippen molar-refractivity contribution in [3.05, 3.63) is 46.8 Å². The maximum absolute atomic E-state index is 6.06. The van der Waals surface area contributed by atoms with Crippen molar-refractivity contribution < 1.29 is 0 Å². The fraction of sp³-hybridized carbons (Fsp3) is 0.375. The molecule has 1 unspecified atom stereocenters. The van der Waals surface area contributed by atoms with E-state index >= 15 is 0 Å². The second kappa shape index (κ2) is 6.17. The Morgan fingerprint density at radius 1 is 1.06 bits per heavy atom. The average molecular weight is 259 g/mol. The van der Waals surface area contributed by atoms with Gasteiger partial charge in [-0.25, -0.2) is 0 Å². The largest absolute Gasteiger partial charge is 0.323 e. The first-order valence-electron chi connectivity index (χ1n) is 6.69. The molecule has 0 spiro atoms. The fourth-order valence-corrected chi connectivity index (χ4v) is 3.13. The number of hydrogen-bond acceptors (Lipinski definition) is 2. The van der Waals surface area contributed by atoms with E-state index in [0.29, 0.717) is 0 Å². The summed E-state index contributed by atoms with van der Waals surface area (Å²) in [5.41, 5.74) is 8.78. The Labute approximate surface area is 114 Å². The Bertz CT molecular complexity index is 484. The predicted molar refractivity (Wildman–Crippen MR) is 81.0 cm³/mol. The van der Waals surface area contributed by atoms with Gasteiger partial charge < -0.3 is 5.73 Å². The summed E-state index contributed by atoms with van der Waals surface area (Å²) in [6.07, 6.45) is 3.36. The number of hydrogen-bond donors (Lipinski definition) is 1. The highest BCUT2D eigenvalue weighted by molar-refractivity contribution is 7.15. The van der Waals surface area contributed by atoms with Crippen molar-refractivity contribution in [1.82, 2.24) is 0 Å². The van der Waals surface area contributed by atoms with Gasteiger partial charge in [-0.15, -0.1) is 11.3 Å². The van der Waals surface area contributed by atoms with Gasteiger partial charge in [0, 0.05) is 15.8 Å². The van der Waals surface area contributed by atoms with E-state index in [1.165, 1.54) is 27.3 Å². The van der Waals surface area contributed by atoms with Crippen LogP contribution in [0.5, 0.6) is 0 Å². The Balaban J connectivity index is 2.18. The molecule has 1 aromatic heterocycles. The molecule has 2 rings (SSSR count). The van der Waals surface area contributed by atoms with Gasteiger partial charge >= 0.3 is 0 Å². The van der Waals surface area contributed by atoms with E-state index in [4.69, 9.17) is 5.73 Å². The van der Waals surface area contributed by atoms with E-state index in [1.54, 1.807) is 0 Å². The summed E-state index contributed by atoms with van der Waals surface area (Å²) in [5.74, 6) is 0. The Morgan fingerprint density at radius 2 is 1.78 bits per heavy atom. The highest BCUT2D eigenvalue weighted by atomic mass is 32.1. The molecular formula is C16H21NS. The van der Waals surface area contributed by atoms with Gasteiger partial charge in [0.2, 0.25) is 0 Å². The van der Waals surface area contributed by atoms with Crippen molar-refractivity contribution >= 4 is 11.3 Å². The Morgan fingerprint density at radius 3 is 2.39 bits per heavy atom. The molecule has 1 aromatic carbocycles. The molecule has 1 heterocycles. The smallest absolute Gasteiger partial charge is 0.0387 e. The van der Waals surface area contributed by atoms with Gasteiger partial charge in [-0.3, -0.25) is 0 Å². The first-order chi connectivity index (χ1) is 8.74. The van der Waals surface area contributed by atoms with Crippen molar-refractivity contribution in [3.8, 4) is 10.4 Å². The zero-order chi connectivity index (χ0) is 13.0. The summed E-state index contributed by atoms with van der Waals surface area (Å²) in [6.45, 7) is 4.34. The zero-order valence-corrected chi connectivity index (χ0v) is 12.0. The molecule has 2 N–H and O–H groups in total. The average Bonchev–Trinajstić information content (AvgIpc) is 2.89. The van der Waals surface area contributed by atoms with E-state index in [-0.39, 0.29) is 6.04 Å². The number of rotatable bonds is 5. The van der Waals surface area contributed by atoms with Crippen molar-refractivity contribution in [2.45, 2.75) is 39.2 Å². The molecule has 2 aromatic rings. The summed E-state index contributed by atoms with van der Waals surface area (Å²) < 4.78 is 0. The van der Waals surface area contributed by atoms with Crippen LogP contribution in [0.15, 0.2) is 36.4 Å². The quantitative estimate of drug-likeness (QED) is 0.821. The molecule has 1 atom stereocenters. The maximum atomic E-state index is 6.06. The van der Waals surface area contributed by atoms with Crippen LogP contribution in [0.1, 0.15) is 43.2 Å². The number of benzene rings is 1. The van der Waals surface area contributed by atoms with E-state index in [9.17, 15) is 0 Å². The molecule has 96 valence electrons. The van der Waals surface area contributed by atoms with Gasteiger partial charge in [-0.2, -0.15) is 0 Å². The standard InChI is InChI=1S/C16H21NS/c1-3-5-12-6-8-13(9-7-12)15-10-11-16(18-15)14(17)4-2/h6-11,14H,3-5,17H2,1-2H3. The van der Waals surface area contributed by atoms with Gasteiger partial charge in [0.1, 0.15) is 0 Å². The maximum Gasteiger partial charge on any atom is 0.0387 e. The molecule has 2 heteroatoms. The van der Waals surface area contributed by atoms with Crippen molar-refractivity contribution in [3.63, 3.8) is 0 Å². The molecule has 0 fully saturated rings. The third-order valence-electron chi connectivity index (χ3n) is 3.21. The Kier molecular flexibility index (Phi) is 4.56. The van der Waals surface area contributed by atoms with Gasteiger partial charge in [-0.1, -0.05) is 44.5 Å². The van der Waals surface area contributed by atoms with Crippen molar-refractivity contribution in [2.24, 2.45) is 5.73 Å². The number of thiophene rings is 1. The van der Waals surface area contributed by atoms with Crippen LogP contribution in [0, 0.1) is 0 Å². The molecular weight excluding hydrogens is 238 g/mol. The van der Waals surface area contributed by atoms with E-state index in [0.717, 1.165) is 12.8 Å². The topological polar surface area (TPSA) is 26.0 Å². The SMILES string of the molecule is CCCc1ccc(-c2ccc(C(N)CC)s2)cc1. The highest BCUT2D eigenvalue weighted by Gasteiger charge is 2.08. The zero-order valence-electron chi connectivity index (χ0n) is 11.1. The summed E-state index contributed by atoms with van der Waals surface area (Å²) in [6, 6.07) is 13.4. The lowest BCUT2D eigenvalue weighted by atomic mass is 10.1. The minimum absolute atomic E-state index is 0.183. The van der Waals surface area contributed by atoms with Crippen LogP contribution < -0.4 is 5.73 Å². The lowest BCUT2D eigenvalue weighted by Crippen LogP contribution is -2.05. The van der Waals surface area contributed by atoms with Crippen LogP contribution in [-0.4, -0.2) is 0 Å². The van der Waals surface area contributed by atoms with Gasteiger partial charge in [0.05, 0.1) is 0 Å². The molecule has 0 saturated heterocycles. The molecule has 0 saturated carbocycles. The molecule has 0 aliphatic rings. The summed E-state index contributed by atoms with van der Waals surface area (Å²) in [7, 11) is 0. The van der Waals surface area contributed by atoms with Gasteiger partial charge in [0.15, 0.2) is 0 Å². The van der Waals surface area contributed by atoms with Crippen LogP contribution in [0.3, 0.4) is 0 Å². The van der Waals surface area contributed by atoms with Crippen LogP contribution in [0.25, 0.3) is 10.4 Å². The predicted octanol–water partition coefficient (Wildman–Crippen LogP) is 4.78. The molecule has 0 amide bonds. The minimum atomic E-state index is 0.183. The van der Waals surface area contributed by atoms with Crippen LogP contribution in [0.2, 0.25) is 0 Å². The molecule has 0 radical (unpaired) electrons. The molecule has 0 aliphatic heterocycles. The summed E-state index contributed by atoms with van der Waals surface area (Å²) in [5, 5.41) is 0. The van der Waals surface area contributed by atoms with Crippen molar-refractivity contribution in [2.75, 3.05) is 0 Å². The minimum Gasteiger partial charge on any atom is -0.323 e. The van der Waals surface area contributed by atoms with E-state index in [1.807, 2.05) is 11.3 Å². The Hall–Kier alpha value is -1.12. The van der Waals surface area contributed by atoms with Crippen LogP contribution in [0.4, 0.5) is 0 Å². The fourth-order valence-electron chi connectivity index (χ4n) is 2.03. The van der Waals surface area contributed by atoms with Gasteiger partial charge in [-0.05, 0) is 36.1 Å². The summed E-state index contributed by atoms with van der Waals surface area (Å²) in [4.78, 5) is 2.60. The first-order valence-corrected chi connectivity index (χ1v) is 7.50. The van der Waals surface area contributed by atoms with Crippen LogP contribution >= 0.6 is 11.3 Å². The second-order valence-corrected chi connectivity index (χ2v) is 5.78. The second-order valence-electron chi connectivity index (χ2n) is 4.66. The lowest BCUT2D eigenvalue weighted by Gasteiger charge is -2.04. The number of nitrogens with two attached hydrogens (primary N) is 1. The lowest BCUT2D eigenvalue weighted by molar-refractivity contribution is 0.712. The third-order valence-corrected chi connectivity index (χ3v) is 4.48. The van der Waals surface area contributed by atoms with E-state index in [2.05, 4.69) is 50.2 Å². The monoisotopic (exact) mass is 259 g/mol. The first kappa shape index (κ1) is 13.3. The number of aryl methyl sites for hydroxylation is 1. The van der Waals surface area contributed by atoms with Crippen LogP contribution in [-0.2, 0) is 6.42 Å². The summed E-state index contributed by atoms with van der Waals surface area (Å²) >= 11 is 1.81. The van der Waals surface area contributed by atoms with E-state index < -0.39 is 0 Å². The molecule has 0 bridgehead atoms. The van der Waals surface area contributed by atoms with Gasteiger partial charge in [0.25, 0.3) is 0 Å². The molecule has 0 aliphatic carbocycles. The third kappa shape index (κ3) is 3.01. The molecule has 18 heavy (non-hydrogen) atoms. The normalized spacial score (nSPS) is 12.6. The van der Waals surface area contributed by atoms with Crippen molar-refractivity contribution in [1.29, 1.82) is 0 Å².